The van der Waals surface area contributed by atoms with Crippen LogP contribution in [-0.2, 0) is 4.74 Å². The van der Waals surface area contributed by atoms with E-state index in [0.717, 1.165) is 0 Å². The van der Waals surface area contributed by atoms with Crippen molar-refractivity contribution in [1.29, 1.82) is 0 Å². The van der Waals surface area contributed by atoms with Crippen molar-refractivity contribution in [2.24, 2.45) is 0 Å². The van der Waals surface area contributed by atoms with E-state index in [1.54, 1.807) is 11.8 Å². The van der Waals surface area contributed by atoms with Crippen molar-refractivity contribution in [3.05, 3.63) is 0 Å². The molecule has 0 heterocycles. The van der Waals surface area contributed by atoms with E-state index in [0.29, 0.717) is 13.2 Å². The molecule has 0 fully saturated rings. The van der Waals surface area contributed by atoms with Gasteiger partial charge in [-0.05, 0) is 34.0 Å². The lowest BCUT2D eigenvalue weighted by Crippen LogP contribution is -2.43. The van der Waals surface area contributed by atoms with Gasteiger partial charge in [-0.1, -0.05) is 0 Å². The Morgan fingerprint density at radius 3 is 2.35 bits per heavy atom. The number of rotatable bonds is 8. The average molecular weight is 265 g/mol. The van der Waals surface area contributed by atoms with E-state index in [1.807, 2.05) is 34.0 Å². The summed E-state index contributed by atoms with van der Waals surface area (Å²) in [6, 6.07) is 0.166. The third kappa shape index (κ3) is 8.85. The monoisotopic (exact) mass is 265 g/mol. The molecule has 0 aliphatic heterocycles. The third-order valence-corrected chi connectivity index (χ3v) is 3.59. The summed E-state index contributed by atoms with van der Waals surface area (Å²) in [7, 11) is 0. The second kappa shape index (κ2) is 8.32. The molecule has 0 amide bonds. The Morgan fingerprint density at radius 2 is 1.94 bits per heavy atom. The number of hydrogen-bond acceptors (Lipinski definition) is 5. The van der Waals surface area contributed by atoms with Crippen molar-refractivity contribution in [3.63, 3.8) is 0 Å². The molecule has 17 heavy (non-hydrogen) atoms. The minimum atomic E-state index is -0.516. The van der Waals surface area contributed by atoms with Crippen LogP contribution in [0, 0.1) is 0 Å². The highest BCUT2D eigenvalue weighted by Crippen LogP contribution is 2.10. The Bertz CT molecular complexity index is 193. The van der Waals surface area contributed by atoms with Gasteiger partial charge in [-0.15, -0.1) is 0 Å². The standard InChI is InChI=1S/C12H27NO3S/c1-9(11(7-14)17-5)13-6-10(15)8-16-12(2,3)4/h9-11,13-15H,6-8H2,1-5H3. The van der Waals surface area contributed by atoms with E-state index in [4.69, 9.17) is 9.84 Å². The van der Waals surface area contributed by atoms with Crippen LogP contribution in [0.25, 0.3) is 0 Å². The Balaban J connectivity index is 3.79. The van der Waals surface area contributed by atoms with Gasteiger partial charge in [0.25, 0.3) is 0 Å². The van der Waals surface area contributed by atoms with E-state index in [9.17, 15) is 5.11 Å². The van der Waals surface area contributed by atoms with Gasteiger partial charge in [0.05, 0.1) is 24.9 Å². The van der Waals surface area contributed by atoms with Crippen molar-refractivity contribution >= 4 is 11.8 Å². The fourth-order valence-electron chi connectivity index (χ4n) is 1.30. The maximum absolute atomic E-state index is 9.73. The molecule has 0 bridgehead atoms. The van der Waals surface area contributed by atoms with Crippen LogP contribution < -0.4 is 5.32 Å². The third-order valence-electron chi connectivity index (χ3n) is 2.42. The molecule has 104 valence electrons. The first-order valence-electron chi connectivity index (χ1n) is 5.99. The van der Waals surface area contributed by atoms with Crippen molar-refractivity contribution in [2.45, 2.75) is 50.7 Å². The molecule has 0 spiro atoms. The Hall–Kier alpha value is 0.190. The van der Waals surface area contributed by atoms with E-state index >= 15 is 0 Å². The summed E-state index contributed by atoms with van der Waals surface area (Å²) >= 11 is 1.62. The Labute approximate surface area is 109 Å². The zero-order chi connectivity index (χ0) is 13.5. The number of aliphatic hydroxyl groups excluding tert-OH is 2. The second-order valence-corrected chi connectivity index (χ2v) is 6.31. The largest absolute Gasteiger partial charge is 0.395 e. The first-order valence-corrected chi connectivity index (χ1v) is 7.28. The van der Waals surface area contributed by atoms with Gasteiger partial charge in [-0.3, -0.25) is 0 Å². The van der Waals surface area contributed by atoms with Gasteiger partial charge in [0, 0.05) is 17.8 Å². The Kier molecular flexibility index (Phi) is 8.41. The van der Waals surface area contributed by atoms with E-state index < -0.39 is 6.10 Å². The van der Waals surface area contributed by atoms with Gasteiger partial charge in [0.15, 0.2) is 0 Å². The predicted octanol–water partition coefficient (Wildman–Crippen LogP) is 0.864. The molecule has 3 atom stereocenters. The van der Waals surface area contributed by atoms with Gasteiger partial charge in [-0.2, -0.15) is 11.8 Å². The topological polar surface area (TPSA) is 61.7 Å². The molecule has 0 saturated heterocycles. The van der Waals surface area contributed by atoms with Crippen LogP contribution in [0.15, 0.2) is 0 Å². The second-order valence-electron chi connectivity index (χ2n) is 5.23. The van der Waals surface area contributed by atoms with E-state index in [2.05, 4.69) is 5.32 Å². The summed E-state index contributed by atoms with van der Waals surface area (Å²) in [6.07, 6.45) is 1.45. The maximum atomic E-state index is 9.73. The smallest absolute Gasteiger partial charge is 0.0898 e. The van der Waals surface area contributed by atoms with E-state index in [1.165, 1.54) is 0 Å². The number of thioether (sulfide) groups is 1. The highest BCUT2D eigenvalue weighted by atomic mass is 32.2. The van der Waals surface area contributed by atoms with Crippen LogP contribution >= 0.6 is 11.8 Å². The summed E-state index contributed by atoms with van der Waals surface area (Å²) in [6.45, 7) is 8.85. The van der Waals surface area contributed by atoms with Gasteiger partial charge >= 0.3 is 0 Å². The molecule has 4 nitrogen and oxygen atoms in total. The minimum Gasteiger partial charge on any atom is -0.395 e. The van der Waals surface area contributed by atoms with Crippen LogP contribution in [-0.4, -0.2) is 59.2 Å². The van der Waals surface area contributed by atoms with Gasteiger partial charge in [0.2, 0.25) is 0 Å². The number of aliphatic hydroxyl groups is 2. The SMILES string of the molecule is CSC(CO)C(C)NCC(O)COC(C)(C)C. The molecule has 0 saturated carbocycles. The van der Waals surface area contributed by atoms with Gasteiger partial charge in [0.1, 0.15) is 0 Å². The van der Waals surface area contributed by atoms with Crippen LogP contribution in [0.3, 0.4) is 0 Å². The number of nitrogens with one attached hydrogen (secondary N) is 1. The van der Waals surface area contributed by atoms with Crippen molar-refractivity contribution in [3.8, 4) is 0 Å². The fourth-order valence-corrected chi connectivity index (χ4v) is 1.95. The highest BCUT2D eigenvalue weighted by Gasteiger charge is 2.17. The summed E-state index contributed by atoms with van der Waals surface area (Å²) in [4.78, 5) is 0. The zero-order valence-electron chi connectivity index (χ0n) is 11.6. The molecular weight excluding hydrogens is 238 g/mol. The van der Waals surface area contributed by atoms with Crippen LogP contribution in [0.1, 0.15) is 27.7 Å². The number of hydrogen-bond donors (Lipinski definition) is 3. The molecule has 0 aromatic heterocycles. The maximum Gasteiger partial charge on any atom is 0.0898 e. The molecule has 0 aromatic rings. The summed E-state index contributed by atoms with van der Waals surface area (Å²) < 4.78 is 5.49. The van der Waals surface area contributed by atoms with Crippen molar-refractivity contribution < 1.29 is 14.9 Å². The minimum absolute atomic E-state index is 0.143. The molecular formula is C12H27NO3S. The summed E-state index contributed by atoms with van der Waals surface area (Å²) in [5.41, 5.74) is -0.223. The molecule has 0 aliphatic rings. The lowest BCUT2D eigenvalue weighted by molar-refractivity contribution is -0.0483. The van der Waals surface area contributed by atoms with Crippen molar-refractivity contribution in [2.75, 3.05) is 26.0 Å². The first kappa shape index (κ1) is 17.2. The Morgan fingerprint density at radius 1 is 1.35 bits per heavy atom. The quantitative estimate of drug-likeness (QED) is 0.608. The molecule has 5 heteroatoms. The first-order chi connectivity index (χ1) is 7.80. The normalized spacial score (nSPS) is 17.8. The molecule has 0 radical (unpaired) electrons. The fraction of sp³-hybridized carbons (Fsp3) is 1.00. The summed E-state index contributed by atoms with van der Waals surface area (Å²) in [5.74, 6) is 0. The predicted molar refractivity (Wildman–Crippen MR) is 73.6 cm³/mol. The average Bonchev–Trinajstić information content (AvgIpc) is 2.24. The van der Waals surface area contributed by atoms with Crippen LogP contribution in [0.2, 0.25) is 0 Å². The zero-order valence-corrected chi connectivity index (χ0v) is 12.4. The van der Waals surface area contributed by atoms with Crippen LogP contribution in [0.4, 0.5) is 0 Å². The summed E-state index contributed by atoms with van der Waals surface area (Å²) in [5, 5.41) is 22.2. The van der Waals surface area contributed by atoms with Crippen molar-refractivity contribution in [1.82, 2.24) is 5.32 Å². The van der Waals surface area contributed by atoms with Gasteiger partial charge < -0.3 is 20.3 Å². The molecule has 3 N–H and O–H groups in total. The van der Waals surface area contributed by atoms with Gasteiger partial charge in [-0.25, -0.2) is 0 Å². The molecule has 0 rings (SSSR count). The lowest BCUT2D eigenvalue weighted by atomic mass is 10.2. The van der Waals surface area contributed by atoms with Crippen LogP contribution in [0.5, 0.6) is 0 Å². The lowest BCUT2D eigenvalue weighted by Gasteiger charge is -2.25. The van der Waals surface area contributed by atoms with E-state index in [-0.39, 0.29) is 23.5 Å². The molecule has 3 unspecified atom stereocenters. The number of ether oxygens (including phenoxy) is 1. The molecule has 0 aliphatic carbocycles. The molecule has 0 aromatic carbocycles. The highest BCUT2D eigenvalue weighted by molar-refractivity contribution is 7.99.